The molecule has 0 saturated carbocycles. The number of halogens is 1. The Labute approximate surface area is 110 Å². The third-order valence-corrected chi connectivity index (χ3v) is 3.41. The van der Waals surface area contributed by atoms with Crippen LogP contribution in [0.25, 0.3) is 0 Å². The summed E-state index contributed by atoms with van der Waals surface area (Å²) in [7, 11) is 1.79. The van der Waals surface area contributed by atoms with E-state index in [1.807, 2.05) is 0 Å². The van der Waals surface area contributed by atoms with E-state index in [1.165, 1.54) is 24.8 Å². The molecule has 3 heteroatoms. The molecule has 2 atom stereocenters. The number of piperidine rings is 1. The number of benzene rings is 1. The lowest BCUT2D eigenvalue weighted by Crippen LogP contribution is -2.40. The Morgan fingerprint density at radius 3 is 2.65 bits per heavy atom. The molecule has 0 radical (unpaired) electrons. The summed E-state index contributed by atoms with van der Waals surface area (Å²) in [6.45, 7) is 1.96. The summed E-state index contributed by atoms with van der Waals surface area (Å²) in [5.74, 6) is 0.492. The molecule has 0 spiro atoms. The second-order valence-corrected chi connectivity index (χ2v) is 4.53. The van der Waals surface area contributed by atoms with E-state index >= 15 is 0 Å². The van der Waals surface area contributed by atoms with Crippen LogP contribution in [0.1, 0.15) is 30.7 Å². The molecule has 2 rings (SSSR count). The van der Waals surface area contributed by atoms with Gasteiger partial charge in [0.05, 0.1) is 6.61 Å². The van der Waals surface area contributed by atoms with Crippen molar-refractivity contribution in [2.24, 2.45) is 0 Å². The van der Waals surface area contributed by atoms with Crippen LogP contribution in [0.15, 0.2) is 30.3 Å². The highest BCUT2D eigenvalue weighted by atomic mass is 35.5. The van der Waals surface area contributed by atoms with E-state index in [4.69, 9.17) is 4.74 Å². The molecule has 17 heavy (non-hydrogen) atoms. The van der Waals surface area contributed by atoms with Gasteiger partial charge in [0.1, 0.15) is 0 Å². The van der Waals surface area contributed by atoms with Crippen LogP contribution in [0.2, 0.25) is 0 Å². The highest BCUT2D eigenvalue weighted by Crippen LogP contribution is 2.25. The van der Waals surface area contributed by atoms with Crippen molar-refractivity contribution in [2.45, 2.75) is 31.2 Å². The largest absolute Gasteiger partial charge is 0.384 e. The lowest BCUT2D eigenvalue weighted by molar-refractivity contribution is 0.155. The third-order valence-electron chi connectivity index (χ3n) is 3.41. The molecule has 96 valence electrons. The van der Waals surface area contributed by atoms with Crippen LogP contribution in [-0.2, 0) is 4.74 Å². The lowest BCUT2D eigenvalue weighted by Gasteiger charge is -2.31. The van der Waals surface area contributed by atoms with Crippen molar-refractivity contribution in [3.63, 3.8) is 0 Å². The fraction of sp³-hybridized carbons (Fsp3) is 0.571. The Balaban J connectivity index is 0.00000144. The summed E-state index contributed by atoms with van der Waals surface area (Å²) in [6.07, 6.45) is 3.92. The van der Waals surface area contributed by atoms with Gasteiger partial charge in [-0.3, -0.25) is 0 Å². The molecule has 1 fully saturated rings. The van der Waals surface area contributed by atoms with E-state index in [2.05, 4.69) is 35.6 Å². The molecule has 0 unspecified atom stereocenters. The maximum atomic E-state index is 5.37. The van der Waals surface area contributed by atoms with Crippen molar-refractivity contribution in [1.29, 1.82) is 0 Å². The van der Waals surface area contributed by atoms with Gasteiger partial charge in [0.2, 0.25) is 0 Å². The fourth-order valence-electron chi connectivity index (χ4n) is 2.55. The fourth-order valence-corrected chi connectivity index (χ4v) is 2.55. The molecule has 1 aromatic carbocycles. The molecule has 1 aliphatic rings. The zero-order chi connectivity index (χ0) is 11.2. The summed E-state index contributed by atoms with van der Waals surface area (Å²) >= 11 is 0. The molecular weight excluding hydrogens is 234 g/mol. The van der Waals surface area contributed by atoms with Gasteiger partial charge >= 0.3 is 0 Å². The third kappa shape index (κ3) is 3.98. The van der Waals surface area contributed by atoms with Crippen molar-refractivity contribution in [3.05, 3.63) is 35.9 Å². The minimum absolute atomic E-state index is 0. The smallest absolute Gasteiger partial charge is 0.0545 e. The van der Waals surface area contributed by atoms with Crippen LogP contribution in [0, 0.1) is 0 Å². The lowest BCUT2D eigenvalue weighted by atomic mass is 9.87. The molecule has 1 saturated heterocycles. The molecule has 0 aliphatic carbocycles. The number of rotatable bonds is 4. The first-order chi connectivity index (χ1) is 7.92. The maximum absolute atomic E-state index is 5.37. The van der Waals surface area contributed by atoms with Gasteiger partial charge in [-0.1, -0.05) is 36.8 Å². The van der Waals surface area contributed by atoms with E-state index in [-0.39, 0.29) is 12.4 Å². The van der Waals surface area contributed by atoms with Crippen LogP contribution in [0.4, 0.5) is 0 Å². The Morgan fingerprint density at radius 2 is 2.06 bits per heavy atom. The number of hydrogen-bond acceptors (Lipinski definition) is 2. The first kappa shape index (κ1) is 14.5. The first-order valence-corrected chi connectivity index (χ1v) is 6.19. The molecule has 0 bridgehead atoms. The molecule has 2 nitrogen and oxygen atoms in total. The van der Waals surface area contributed by atoms with Gasteiger partial charge < -0.3 is 10.1 Å². The van der Waals surface area contributed by atoms with E-state index in [9.17, 15) is 0 Å². The predicted octanol–water partition coefficient (Wildman–Crippen LogP) is 2.98. The SMILES string of the molecule is COC[C@H](c1ccccc1)[C@H]1CCCCN1.Cl. The second-order valence-electron chi connectivity index (χ2n) is 4.53. The van der Waals surface area contributed by atoms with Gasteiger partial charge in [0.15, 0.2) is 0 Å². The first-order valence-electron chi connectivity index (χ1n) is 6.19. The zero-order valence-corrected chi connectivity index (χ0v) is 11.2. The van der Waals surface area contributed by atoms with E-state index < -0.39 is 0 Å². The summed E-state index contributed by atoms with van der Waals surface area (Å²) in [4.78, 5) is 0. The van der Waals surface area contributed by atoms with Gasteiger partial charge in [-0.2, -0.15) is 0 Å². The summed E-state index contributed by atoms with van der Waals surface area (Å²) in [6, 6.07) is 11.3. The van der Waals surface area contributed by atoms with Crippen LogP contribution in [0.5, 0.6) is 0 Å². The maximum Gasteiger partial charge on any atom is 0.0545 e. The average molecular weight is 256 g/mol. The van der Waals surface area contributed by atoms with Gasteiger partial charge in [0.25, 0.3) is 0 Å². The van der Waals surface area contributed by atoms with Crippen molar-refractivity contribution in [1.82, 2.24) is 5.32 Å². The molecule has 0 aromatic heterocycles. The molecular formula is C14H22ClNO. The number of methoxy groups -OCH3 is 1. The molecule has 1 aliphatic heterocycles. The van der Waals surface area contributed by atoms with Crippen molar-refractivity contribution >= 4 is 12.4 Å². The Kier molecular flexibility index (Phi) is 6.56. The van der Waals surface area contributed by atoms with Crippen LogP contribution in [0.3, 0.4) is 0 Å². The van der Waals surface area contributed by atoms with Crippen LogP contribution >= 0.6 is 12.4 Å². The minimum atomic E-state index is 0. The van der Waals surface area contributed by atoms with Crippen molar-refractivity contribution in [3.8, 4) is 0 Å². The number of ether oxygens (including phenoxy) is 1. The minimum Gasteiger partial charge on any atom is -0.384 e. The molecule has 1 aromatic rings. The molecule has 0 amide bonds. The Hall–Kier alpha value is -0.570. The Morgan fingerprint density at radius 1 is 1.29 bits per heavy atom. The van der Waals surface area contributed by atoms with Crippen molar-refractivity contribution < 1.29 is 4.74 Å². The molecule has 1 N–H and O–H groups in total. The van der Waals surface area contributed by atoms with E-state index in [1.54, 1.807) is 7.11 Å². The zero-order valence-electron chi connectivity index (χ0n) is 10.4. The summed E-state index contributed by atoms with van der Waals surface area (Å²) in [5.41, 5.74) is 1.39. The van der Waals surface area contributed by atoms with E-state index in [0.717, 1.165) is 13.2 Å². The predicted molar refractivity (Wildman–Crippen MR) is 73.9 cm³/mol. The second kappa shape index (κ2) is 7.70. The van der Waals surface area contributed by atoms with E-state index in [0.29, 0.717) is 12.0 Å². The highest BCUT2D eigenvalue weighted by Gasteiger charge is 2.24. The summed E-state index contributed by atoms with van der Waals surface area (Å²) < 4.78 is 5.37. The van der Waals surface area contributed by atoms with Gasteiger partial charge in [-0.25, -0.2) is 0 Å². The Bertz CT molecular complexity index is 298. The summed E-state index contributed by atoms with van der Waals surface area (Å²) in [5, 5.41) is 3.62. The van der Waals surface area contributed by atoms with Gasteiger partial charge in [-0.05, 0) is 24.9 Å². The average Bonchev–Trinajstić information content (AvgIpc) is 2.38. The number of nitrogens with one attached hydrogen (secondary N) is 1. The van der Waals surface area contributed by atoms with Gasteiger partial charge in [0, 0.05) is 19.1 Å². The normalized spacial score (nSPS) is 21.6. The highest BCUT2D eigenvalue weighted by molar-refractivity contribution is 5.85. The topological polar surface area (TPSA) is 21.3 Å². The number of hydrogen-bond donors (Lipinski definition) is 1. The quantitative estimate of drug-likeness (QED) is 0.893. The standard InChI is InChI=1S/C14H21NO.ClH/c1-16-11-13(12-7-3-2-4-8-12)14-9-5-6-10-15-14;/h2-4,7-8,13-15H,5-6,9-11H2,1H3;1H/t13-,14-;/m1./s1. The van der Waals surface area contributed by atoms with Gasteiger partial charge in [-0.15, -0.1) is 12.4 Å². The monoisotopic (exact) mass is 255 g/mol. The van der Waals surface area contributed by atoms with Crippen LogP contribution in [-0.4, -0.2) is 26.3 Å². The molecule has 1 heterocycles. The van der Waals surface area contributed by atoms with Crippen molar-refractivity contribution in [2.75, 3.05) is 20.3 Å². The van der Waals surface area contributed by atoms with Crippen LogP contribution < -0.4 is 5.32 Å².